The van der Waals surface area contributed by atoms with Gasteiger partial charge in [0.15, 0.2) is 0 Å². The molecule has 0 radical (unpaired) electrons. The molecule has 3 fully saturated rings. The van der Waals surface area contributed by atoms with E-state index in [0.29, 0.717) is 0 Å². The van der Waals surface area contributed by atoms with Gasteiger partial charge in [0, 0.05) is 48.2 Å². The number of benzene rings is 14. The van der Waals surface area contributed by atoms with Crippen LogP contribution in [0.3, 0.4) is 0 Å². The summed E-state index contributed by atoms with van der Waals surface area (Å²) in [7, 11) is -1.37. The van der Waals surface area contributed by atoms with Crippen LogP contribution in [-0.2, 0) is 38.8 Å². The minimum atomic E-state index is -0.476. The Morgan fingerprint density at radius 2 is 0.509 bits per heavy atom. The van der Waals surface area contributed by atoms with E-state index in [0.717, 1.165) is 15.6 Å². The summed E-state index contributed by atoms with van der Waals surface area (Å²) < 4.78 is 42.9. The molecule has 3 aliphatic heterocycles. The van der Waals surface area contributed by atoms with Crippen molar-refractivity contribution < 1.29 is 27.9 Å². The van der Waals surface area contributed by atoms with Crippen LogP contribution in [0.2, 0.25) is 0 Å². The minimum Gasteiger partial charge on any atom is -0.405 e. The molecule has 0 spiro atoms. The maximum absolute atomic E-state index is 6.53. The Balaban J connectivity index is 0.000000121. The first-order chi connectivity index (χ1) is 51.4. The molecule has 16 aromatic rings. The molecule has 2 aliphatic carbocycles. The Kier molecular flexibility index (Phi) is 15.3. The molecular weight excluding hydrogens is 1390 g/mol. The van der Waals surface area contributed by atoms with Gasteiger partial charge in [-0.3, -0.25) is 0 Å². The number of para-hydroxylation sites is 2. The fraction of sp³-hybridized carbons (Fsp3) is 0.250. The normalized spacial score (nSPS) is 18.5. The Bertz CT molecular complexity index is 6430. The molecule has 0 unspecified atom stereocenters. The third-order valence-electron chi connectivity index (χ3n) is 26.2. The summed E-state index contributed by atoms with van der Waals surface area (Å²) in [6, 6.07) is 90.2. The van der Waals surface area contributed by atoms with Crippen LogP contribution in [-0.4, -0.2) is 63.9 Å². The zero-order valence-electron chi connectivity index (χ0n) is 64.5. The van der Waals surface area contributed by atoms with Crippen molar-refractivity contribution in [3.05, 3.63) is 269 Å². The highest BCUT2D eigenvalue weighted by molar-refractivity contribution is 9.10. The summed E-state index contributed by atoms with van der Waals surface area (Å²) in [5, 5.41) is 20.8. The lowest BCUT2D eigenvalue weighted by atomic mass is 9.49. The monoisotopic (exact) mass is 1480 g/mol. The Morgan fingerprint density at radius 1 is 0.241 bits per heavy atom. The topological polar surface area (TPSA) is 65.2 Å². The molecule has 0 saturated carbocycles. The van der Waals surface area contributed by atoms with Crippen LogP contribution in [0.4, 0.5) is 0 Å². The van der Waals surface area contributed by atoms with E-state index in [-0.39, 0.29) is 33.2 Å². The number of fused-ring (bicyclic) bond motifs is 24. The van der Waals surface area contributed by atoms with Gasteiger partial charge in [-0.1, -0.05) is 189 Å². The summed E-state index contributed by atoms with van der Waals surface area (Å²) in [5.41, 5.74) is 16.6. The molecule has 14 aromatic carbocycles. The lowest BCUT2D eigenvalue weighted by Crippen LogP contribution is -2.41. The maximum atomic E-state index is 6.53. The van der Waals surface area contributed by atoms with Gasteiger partial charge in [-0.05, 0) is 295 Å². The summed E-state index contributed by atoms with van der Waals surface area (Å²) in [6.45, 7) is 34.2. The Morgan fingerprint density at radius 3 is 0.861 bits per heavy atom. The maximum Gasteiger partial charge on any atom is 0.494 e. The van der Waals surface area contributed by atoms with Gasteiger partial charge in [0.1, 0.15) is 0 Å². The van der Waals surface area contributed by atoms with E-state index < -0.39 is 32.3 Å². The number of hydrogen-bond acceptors (Lipinski definition) is 6. The van der Waals surface area contributed by atoms with Crippen LogP contribution in [0, 0.1) is 0 Å². The van der Waals surface area contributed by atoms with Gasteiger partial charge in [0.05, 0.1) is 55.7 Å². The van der Waals surface area contributed by atoms with Gasteiger partial charge >= 0.3 is 21.1 Å². The lowest BCUT2D eigenvalue weighted by molar-refractivity contribution is 0.00578. The Hall–Kier alpha value is -9.33. The van der Waals surface area contributed by atoms with Crippen LogP contribution in [0.1, 0.15) is 133 Å². The van der Waals surface area contributed by atoms with Crippen molar-refractivity contribution in [2.45, 2.75) is 155 Å². The molecule has 0 amide bonds. The molecule has 108 heavy (non-hydrogen) atoms. The van der Waals surface area contributed by atoms with Gasteiger partial charge in [0.2, 0.25) is 0 Å². The lowest BCUT2D eigenvalue weighted by Gasteiger charge is -2.32. The van der Waals surface area contributed by atoms with Crippen molar-refractivity contribution >= 4 is 151 Å². The summed E-state index contributed by atoms with van der Waals surface area (Å²) in [5.74, 6) is 0. The zero-order valence-corrected chi connectivity index (χ0v) is 66.1. The fourth-order valence-corrected chi connectivity index (χ4v) is 18.5. The fourth-order valence-electron chi connectivity index (χ4n) is 18.1. The molecular formula is C96H88B3BrN2O6. The first kappa shape index (κ1) is 69.2. The van der Waals surface area contributed by atoms with Gasteiger partial charge in [0.25, 0.3) is 0 Å². The van der Waals surface area contributed by atoms with Crippen LogP contribution >= 0.6 is 15.9 Å². The van der Waals surface area contributed by atoms with Crippen molar-refractivity contribution in [2.24, 2.45) is 0 Å². The van der Waals surface area contributed by atoms with E-state index in [9.17, 15) is 0 Å². The third-order valence-corrected chi connectivity index (χ3v) is 26.6. The van der Waals surface area contributed by atoms with E-state index in [1.54, 1.807) is 0 Å². The van der Waals surface area contributed by atoms with Crippen LogP contribution in [0.25, 0.3) is 142 Å². The highest BCUT2D eigenvalue weighted by Crippen LogP contribution is 2.56. The number of rotatable bonds is 4. The van der Waals surface area contributed by atoms with Crippen molar-refractivity contribution in [3.8, 4) is 33.6 Å². The van der Waals surface area contributed by atoms with Crippen molar-refractivity contribution in [1.29, 1.82) is 0 Å². The molecule has 0 N–H and O–H groups in total. The van der Waals surface area contributed by atoms with Crippen LogP contribution < -0.4 is 5.46 Å². The van der Waals surface area contributed by atoms with Gasteiger partial charge in [-0.15, -0.1) is 0 Å². The average molecular weight is 1480 g/mol. The van der Waals surface area contributed by atoms with Gasteiger partial charge in [-0.25, -0.2) is 0 Å². The summed E-state index contributed by atoms with van der Waals surface area (Å²) in [6.07, 6.45) is 0. The predicted molar refractivity (Wildman–Crippen MR) is 457 cm³/mol. The van der Waals surface area contributed by atoms with E-state index >= 15 is 0 Å². The summed E-state index contributed by atoms with van der Waals surface area (Å²) >= 11 is 3.75. The number of halogens is 1. The third kappa shape index (κ3) is 10.3. The van der Waals surface area contributed by atoms with Crippen LogP contribution in [0.15, 0.2) is 247 Å². The standard InChI is InChI=1S/C45H38BNO2.C39H26BrN.C12H24B2O4/c1-43(2)39-25-34-32-19-13-11-17-30(32)29-16-10-12-18-31(29)33(34)23-35(39)36-24-38-37-22-27(46-48-44(3,4)45(5,6)49-46)20-21-41(37)47(42(38)26-40(36)43)28-14-8-7-9-15-28;1-39(2)35-21-30-28-15-9-7-13-26(28)25-12-6-8-14-27(25)29(30)19-31(35)32-20-34-33-18-23(40)16-17-37(33)41(38(34)22-36(32)39)24-10-4-3-5-11-24;1-9(2)10(3,4)16-13(15-9)14-17-11(5,6)12(7,8)18-14/h7-26H,1-6H3;3-22H,1-2H3;1-8H3. The molecule has 3 saturated heterocycles. The van der Waals surface area contributed by atoms with Crippen LogP contribution in [0.5, 0.6) is 0 Å². The molecule has 0 bridgehead atoms. The van der Waals surface area contributed by atoms with Crippen molar-refractivity contribution in [3.63, 3.8) is 0 Å². The average Bonchev–Trinajstić information content (AvgIpc) is 1.52. The number of aromatic nitrogens is 2. The number of nitrogens with zero attached hydrogens (tertiary/aromatic N) is 2. The molecule has 2 aromatic heterocycles. The van der Waals surface area contributed by atoms with Gasteiger partial charge < -0.3 is 37.1 Å². The Labute approximate surface area is 641 Å². The molecule has 8 nitrogen and oxygen atoms in total. The number of hydrogen-bond donors (Lipinski definition) is 0. The molecule has 12 heteroatoms. The first-order valence-electron chi connectivity index (χ1n) is 38.3. The SMILES string of the molecule is CC1(C)OB(B2OC(C)(C)C(C)(C)O2)OC1(C)C.CC1(C)c2cc3c4ccccc4c4ccccc4c3cc2-c2cc3c4cc(B5OC(C)(C)C(C)(C)O5)ccc4n(-c4ccccc4)c3cc21.CC1(C)c2cc3c4ccccc4c4ccccc4c3cc2-c2cc3c4cc(Br)ccc4n(-c4ccccc4)c3cc21. The molecule has 534 valence electrons. The highest BCUT2D eigenvalue weighted by Gasteiger charge is 2.64. The highest BCUT2D eigenvalue weighted by atomic mass is 79.9. The van der Waals surface area contributed by atoms with Crippen molar-refractivity contribution in [2.75, 3.05) is 0 Å². The second-order valence-corrected chi connectivity index (χ2v) is 35.7. The zero-order chi connectivity index (χ0) is 74.9. The molecule has 5 heterocycles. The predicted octanol–water partition coefficient (Wildman–Crippen LogP) is 24.4. The van der Waals surface area contributed by atoms with Crippen molar-refractivity contribution in [1.82, 2.24) is 9.13 Å². The molecule has 5 aliphatic rings. The second kappa shape index (κ2) is 23.8. The molecule has 21 rings (SSSR count). The second-order valence-electron chi connectivity index (χ2n) is 34.8. The first-order valence-corrected chi connectivity index (χ1v) is 39.1. The van der Waals surface area contributed by atoms with E-state index in [1.165, 1.54) is 158 Å². The quantitative estimate of drug-likeness (QED) is 0.129. The van der Waals surface area contributed by atoms with E-state index in [2.05, 4.69) is 323 Å². The minimum absolute atomic E-state index is 0.127. The smallest absolute Gasteiger partial charge is 0.405 e. The summed E-state index contributed by atoms with van der Waals surface area (Å²) in [4.78, 5) is 0. The van der Waals surface area contributed by atoms with Gasteiger partial charge in [-0.2, -0.15) is 0 Å². The largest absolute Gasteiger partial charge is 0.494 e. The molecule has 0 atom stereocenters. The van der Waals surface area contributed by atoms with E-state index in [1.807, 2.05) is 55.4 Å². The van der Waals surface area contributed by atoms with E-state index in [4.69, 9.17) is 27.9 Å².